The SMILES string of the molecule is CCCOc1ccccc1-c1ccc(C(C)(C)N)c(C)n1. The zero-order chi connectivity index (χ0) is 15.5. The number of para-hydroxylation sites is 1. The van der Waals surface area contributed by atoms with Crippen LogP contribution in [-0.4, -0.2) is 11.6 Å². The van der Waals surface area contributed by atoms with Crippen LogP contribution in [-0.2, 0) is 5.54 Å². The minimum absolute atomic E-state index is 0.381. The van der Waals surface area contributed by atoms with Gasteiger partial charge in [0.25, 0.3) is 0 Å². The van der Waals surface area contributed by atoms with Crippen LogP contribution < -0.4 is 10.5 Å². The van der Waals surface area contributed by atoms with E-state index in [2.05, 4.69) is 13.0 Å². The third kappa shape index (κ3) is 3.61. The Labute approximate surface area is 127 Å². The first-order chi connectivity index (χ1) is 9.93. The van der Waals surface area contributed by atoms with Gasteiger partial charge in [0.05, 0.1) is 12.3 Å². The fourth-order valence-corrected chi connectivity index (χ4v) is 2.41. The Morgan fingerprint density at radius 2 is 1.86 bits per heavy atom. The van der Waals surface area contributed by atoms with Gasteiger partial charge in [-0.05, 0) is 51.0 Å². The average Bonchev–Trinajstić information content (AvgIpc) is 2.44. The van der Waals surface area contributed by atoms with Gasteiger partial charge in [0.1, 0.15) is 5.75 Å². The lowest BCUT2D eigenvalue weighted by Crippen LogP contribution is -2.29. The van der Waals surface area contributed by atoms with Gasteiger partial charge in [0.2, 0.25) is 0 Å². The Kier molecular flexibility index (Phi) is 4.63. The summed E-state index contributed by atoms with van der Waals surface area (Å²) in [6, 6.07) is 12.1. The molecule has 0 spiro atoms. The standard InChI is InChI=1S/C18H24N2O/c1-5-12-21-17-9-7-6-8-14(17)16-11-10-15(13(2)20-16)18(3,4)19/h6-11H,5,12,19H2,1-4H3. The summed E-state index contributed by atoms with van der Waals surface area (Å²) in [5, 5.41) is 0. The van der Waals surface area contributed by atoms with E-state index in [-0.39, 0.29) is 5.54 Å². The zero-order valence-electron chi connectivity index (χ0n) is 13.3. The number of benzene rings is 1. The summed E-state index contributed by atoms with van der Waals surface area (Å²) < 4.78 is 5.81. The van der Waals surface area contributed by atoms with E-state index >= 15 is 0 Å². The average molecular weight is 284 g/mol. The maximum absolute atomic E-state index is 6.18. The smallest absolute Gasteiger partial charge is 0.128 e. The van der Waals surface area contributed by atoms with Gasteiger partial charge >= 0.3 is 0 Å². The molecule has 1 aromatic carbocycles. The second-order valence-electron chi connectivity index (χ2n) is 5.90. The molecule has 21 heavy (non-hydrogen) atoms. The molecule has 0 fully saturated rings. The van der Waals surface area contributed by atoms with Crippen LogP contribution in [0, 0.1) is 6.92 Å². The molecule has 1 heterocycles. The molecule has 0 unspecified atom stereocenters. The lowest BCUT2D eigenvalue weighted by molar-refractivity contribution is 0.318. The fourth-order valence-electron chi connectivity index (χ4n) is 2.41. The molecule has 112 valence electrons. The highest BCUT2D eigenvalue weighted by atomic mass is 16.5. The van der Waals surface area contributed by atoms with Crippen LogP contribution in [0.2, 0.25) is 0 Å². The van der Waals surface area contributed by atoms with E-state index in [1.165, 1.54) is 0 Å². The first-order valence-corrected chi connectivity index (χ1v) is 7.42. The van der Waals surface area contributed by atoms with Crippen LogP contribution in [0.4, 0.5) is 0 Å². The Morgan fingerprint density at radius 1 is 1.14 bits per heavy atom. The Morgan fingerprint density at radius 3 is 2.48 bits per heavy atom. The number of nitrogens with two attached hydrogens (primary N) is 1. The van der Waals surface area contributed by atoms with Gasteiger partial charge < -0.3 is 10.5 Å². The number of pyridine rings is 1. The van der Waals surface area contributed by atoms with Gasteiger partial charge in [-0.3, -0.25) is 4.98 Å². The summed E-state index contributed by atoms with van der Waals surface area (Å²) in [4.78, 5) is 4.72. The van der Waals surface area contributed by atoms with Crippen molar-refractivity contribution in [1.29, 1.82) is 0 Å². The highest BCUT2D eigenvalue weighted by molar-refractivity contribution is 5.67. The number of hydrogen-bond acceptors (Lipinski definition) is 3. The number of aromatic nitrogens is 1. The lowest BCUT2D eigenvalue weighted by atomic mass is 9.93. The van der Waals surface area contributed by atoms with Crippen molar-refractivity contribution >= 4 is 0 Å². The molecule has 0 radical (unpaired) electrons. The molecule has 2 N–H and O–H groups in total. The number of nitrogens with zero attached hydrogens (tertiary/aromatic N) is 1. The third-order valence-electron chi connectivity index (χ3n) is 3.40. The lowest BCUT2D eigenvalue weighted by Gasteiger charge is -2.21. The highest BCUT2D eigenvalue weighted by Gasteiger charge is 2.18. The predicted octanol–water partition coefficient (Wildman–Crippen LogP) is 4.04. The molecule has 0 aliphatic rings. The second-order valence-corrected chi connectivity index (χ2v) is 5.90. The molecule has 3 nitrogen and oxygen atoms in total. The van der Waals surface area contributed by atoms with Crippen molar-refractivity contribution in [3.63, 3.8) is 0 Å². The molecule has 0 bridgehead atoms. The first-order valence-electron chi connectivity index (χ1n) is 7.42. The first kappa shape index (κ1) is 15.5. The monoisotopic (exact) mass is 284 g/mol. The van der Waals surface area contributed by atoms with Crippen molar-refractivity contribution < 1.29 is 4.74 Å². The molecule has 0 atom stereocenters. The quantitative estimate of drug-likeness (QED) is 0.901. The van der Waals surface area contributed by atoms with Crippen molar-refractivity contribution in [3.8, 4) is 17.0 Å². The Hall–Kier alpha value is -1.87. The van der Waals surface area contributed by atoms with E-state index in [0.29, 0.717) is 6.61 Å². The van der Waals surface area contributed by atoms with E-state index in [0.717, 1.165) is 34.7 Å². The Balaban J connectivity index is 2.41. The van der Waals surface area contributed by atoms with E-state index in [1.807, 2.05) is 51.1 Å². The summed E-state index contributed by atoms with van der Waals surface area (Å²) in [5.74, 6) is 0.881. The van der Waals surface area contributed by atoms with Crippen molar-refractivity contribution in [2.24, 2.45) is 5.73 Å². The molecule has 0 aliphatic heterocycles. The van der Waals surface area contributed by atoms with E-state index < -0.39 is 0 Å². The number of rotatable bonds is 5. The molecular weight excluding hydrogens is 260 g/mol. The molecule has 2 aromatic rings. The molecule has 0 saturated carbocycles. The summed E-state index contributed by atoms with van der Waals surface area (Å²) in [6.45, 7) is 8.81. The topological polar surface area (TPSA) is 48.1 Å². The minimum Gasteiger partial charge on any atom is -0.493 e. The van der Waals surface area contributed by atoms with E-state index in [1.54, 1.807) is 0 Å². The maximum atomic E-state index is 6.18. The fraction of sp³-hybridized carbons (Fsp3) is 0.389. The van der Waals surface area contributed by atoms with Gasteiger partial charge in [-0.1, -0.05) is 25.1 Å². The predicted molar refractivity (Wildman–Crippen MR) is 87.4 cm³/mol. The largest absolute Gasteiger partial charge is 0.493 e. The molecule has 1 aromatic heterocycles. The minimum atomic E-state index is -0.381. The summed E-state index contributed by atoms with van der Waals surface area (Å²) in [7, 11) is 0. The molecule has 3 heteroatoms. The molecule has 0 aliphatic carbocycles. The van der Waals surface area contributed by atoms with Crippen LogP contribution in [0.5, 0.6) is 5.75 Å². The van der Waals surface area contributed by atoms with E-state index in [4.69, 9.17) is 15.5 Å². The maximum Gasteiger partial charge on any atom is 0.128 e. The van der Waals surface area contributed by atoms with E-state index in [9.17, 15) is 0 Å². The van der Waals surface area contributed by atoms with Gasteiger partial charge in [0.15, 0.2) is 0 Å². The molecular formula is C18H24N2O. The third-order valence-corrected chi connectivity index (χ3v) is 3.40. The van der Waals surface area contributed by atoms with Crippen molar-refractivity contribution in [3.05, 3.63) is 47.7 Å². The number of hydrogen-bond donors (Lipinski definition) is 1. The van der Waals surface area contributed by atoms with Crippen LogP contribution in [0.3, 0.4) is 0 Å². The van der Waals surface area contributed by atoms with Gasteiger partial charge in [-0.15, -0.1) is 0 Å². The van der Waals surface area contributed by atoms with Gasteiger partial charge in [0, 0.05) is 16.8 Å². The summed E-state index contributed by atoms with van der Waals surface area (Å²) in [5.41, 5.74) is 9.77. The van der Waals surface area contributed by atoms with Gasteiger partial charge in [-0.2, -0.15) is 0 Å². The van der Waals surface area contributed by atoms with Crippen molar-refractivity contribution in [1.82, 2.24) is 4.98 Å². The van der Waals surface area contributed by atoms with Crippen LogP contribution in [0.25, 0.3) is 11.3 Å². The second kappa shape index (κ2) is 6.27. The van der Waals surface area contributed by atoms with Gasteiger partial charge in [-0.25, -0.2) is 0 Å². The van der Waals surface area contributed by atoms with Crippen LogP contribution >= 0.6 is 0 Å². The summed E-state index contributed by atoms with van der Waals surface area (Å²) in [6.07, 6.45) is 0.987. The molecule has 0 amide bonds. The van der Waals surface area contributed by atoms with Crippen molar-refractivity contribution in [2.75, 3.05) is 6.61 Å². The number of ether oxygens (including phenoxy) is 1. The zero-order valence-corrected chi connectivity index (χ0v) is 13.3. The van der Waals surface area contributed by atoms with Crippen LogP contribution in [0.1, 0.15) is 38.4 Å². The molecule has 0 saturated heterocycles. The Bertz CT molecular complexity index is 615. The normalized spacial score (nSPS) is 11.5. The summed E-state index contributed by atoms with van der Waals surface area (Å²) >= 11 is 0. The van der Waals surface area contributed by atoms with Crippen molar-refractivity contribution in [2.45, 2.75) is 39.7 Å². The molecule has 2 rings (SSSR count). The number of aryl methyl sites for hydroxylation is 1. The highest BCUT2D eigenvalue weighted by Crippen LogP contribution is 2.30. The van der Waals surface area contributed by atoms with Crippen LogP contribution in [0.15, 0.2) is 36.4 Å².